The number of nitrogens with zero attached hydrogens (tertiary/aromatic N) is 3. The molecule has 4 rings (SSSR count). The molecule has 0 aliphatic heterocycles. The van der Waals surface area contributed by atoms with Gasteiger partial charge >= 0.3 is 5.97 Å². The molecule has 0 bridgehead atoms. The summed E-state index contributed by atoms with van der Waals surface area (Å²) in [5.41, 5.74) is 2.92. The molecule has 0 radical (unpaired) electrons. The van der Waals surface area contributed by atoms with E-state index in [2.05, 4.69) is 36.0 Å². The predicted octanol–water partition coefficient (Wildman–Crippen LogP) is 17.3. The van der Waals surface area contributed by atoms with Crippen LogP contribution in [0.4, 0.5) is 17.1 Å². The standard InChI is InChI=1S/C56H79N3O6/c1-4-7-10-13-15-17-19-21-23-26-41-63-51-37-30-47(54(60)43-51)45-57-48-31-33-49(34-32-48)58-59-53-39-38-52(44-55(53)64-42-27-24-22-20-18-16-14-11-8-5-2)65-56(61)46-28-35-50(36-29-46)62-40-25-12-9-6-3/h28-39,43-45,60H,4-27,40-42H2,1-3H3. The van der Waals surface area contributed by atoms with Crippen molar-refractivity contribution in [1.29, 1.82) is 0 Å². The van der Waals surface area contributed by atoms with Crippen LogP contribution < -0.4 is 18.9 Å². The van der Waals surface area contributed by atoms with Crippen LogP contribution in [-0.4, -0.2) is 37.1 Å². The van der Waals surface area contributed by atoms with E-state index in [9.17, 15) is 9.90 Å². The fourth-order valence-electron chi connectivity index (χ4n) is 7.46. The number of hydrogen-bond acceptors (Lipinski definition) is 9. The summed E-state index contributed by atoms with van der Waals surface area (Å²) >= 11 is 0. The lowest BCUT2D eigenvalue weighted by Crippen LogP contribution is -2.08. The Balaban J connectivity index is 1.29. The summed E-state index contributed by atoms with van der Waals surface area (Å²) in [6.45, 7) is 8.53. The molecule has 0 aliphatic carbocycles. The Morgan fingerprint density at radius 2 is 0.938 bits per heavy atom. The molecule has 0 saturated carbocycles. The number of benzene rings is 4. The third kappa shape index (κ3) is 22.5. The largest absolute Gasteiger partial charge is 0.507 e. The van der Waals surface area contributed by atoms with Crippen LogP contribution in [0.3, 0.4) is 0 Å². The molecule has 0 atom stereocenters. The highest BCUT2D eigenvalue weighted by Crippen LogP contribution is 2.34. The zero-order valence-corrected chi connectivity index (χ0v) is 40.1. The number of esters is 1. The van der Waals surface area contributed by atoms with Gasteiger partial charge in [-0.25, -0.2) is 4.79 Å². The average molecular weight is 890 g/mol. The van der Waals surface area contributed by atoms with Crippen molar-refractivity contribution in [3.8, 4) is 28.7 Å². The van der Waals surface area contributed by atoms with E-state index in [4.69, 9.17) is 18.9 Å². The summed E-state index contributed by atoms with van der Waals surface area (Å²) in [6.07, 6.45) is 31.3. The Morgan fingerprint density at radius 3 is 1.49 bits per heavy atom. The maximum absolute atomic E-state index is 13.1. The van der Waals surface area contributed by atoms with E-state index in [1.165, 1.54) is 122 Å². The van der Waals surface area contributed by atoms with E-state index in [0.717, 1.165) is 37.9 Å². The van der Waals surface area contributed by atoms with Crippen LogP contribution >= 0.6 is 0 Å². The van der Waals surface area contributed by atoms with Crippen LogP contribution in [0.25, 0.3) is 0 Å². The topological polar surface area (TPSA) is 111 Å². The van der Waals surface area contributed by atoms with Gasteiger partial charge in [0.2, 0.25) is 0 Å². The molecule has 0 aliphatic rings. The van der Waals surface area contributed by atoms with Crippen molar-refractivity contribution in [2.75, 3.05) is 19.8 Å². The smallest absolute Gasteiger partial charge is 0.343 e. The first-order valence-electron chi connectivity index (χ1n) is 25.2. The molecule has 0 amide bonds. The lowest BCUT2D eigenvalue weighted by atomic mass is 10.1. The summed E-state index contributed by atoms with van der Waals surface area (Å²) in [5.74, 6) is 1.92. The monoisotopic (exact) mass is 890 g/mol. The molecule has 0 spiro atoms. The first-order chi connectivity index (χ1) is 32.0. The normalized spacial score (nSPS) is 11.4. The summed E-state index contributed by atoms with van der Waals surface area (Å²) in [5, 5.41) is 19.7. The second kappa shape index (κ2) is 33.3. The zero-order chi connectivity index (χ0) is 46.0. The molecule has 4 aromatic carbocycles. The molecular weight excluding hydrogens is 811 g/mol. The van der Waals surface area contributed by atoms with Crippen LogP contribution in [0.2, 0.25) is 0 Å². The third-order valence-corrected chi connectivity index (χ3v) is 11.5. The molecule has 9 heteroatoms. The Kier molecular flexibility index (Phi) is 26.9. The molecule has 4 aromatic rings. The molecule has 0 heterocycles. The third-order valence-electron chi connectivity index (χ3n) is 11.5. The number of aliphatic imine (C=N–C) groups is 1. The van der Waals surface area contributed by atoms with Crippen molar-refractivity contribution in [3.63, 3.8) is 0 Å². The van der Waals surface area contributed by atoms with E-state index >= 15 is 0 Å². The first-order valence-corrected chi connectivity index (χ1v) is 25.2. The minimum absolute atomic E-state index is 0.124. The van der Waals surface area contributed by atoms with Gasteiger partial charge in [0.1, 0.15) is 28.7 Å². The SMILES string of the molecule is CCCCCCCCCCCCOc1ccc(C=Nc2ccc(N=Nc3ccc(OC(=O)c4ccc(OCCCCCC)cc4)cc3OCCCCCCCCCCCC)cc2)c(O)c1. The average Bonchev–Trinajstić information content (AvgIpc) is 3.32. The minimum atomic E-state index is -0.465. The fourth-order valence-corrected chi connectivity index (χ4v) is 7.46. The Labute approximate surface area is 391 Å². The van der Waals surface area contributed by atoms with Gasteiger partial charge < -0.3 is 24.1 Å². The van der Waals surface area contributed by atoms with Crippen molar-refractivity contribution < 1.29 is 28.8 Å². The van der Waals surface area contributed by atoms with Gasteiger partial charge in [0.25, 0.3) is 0 Å². The second-order valence-electron chi connectivity index (χ2n) is 17.2. The highest BCUT2D eigenvalue weighted by molar-refractivity contribution is 5.91. The maximum atomic E-state index is 13.1. The summed E-state index contributed by atoms with van der Waals surface area (Å²) in [6, 6.07) is 25.0. The molecule has 1 N–H and O–H groups in total. The number of azo groups is 1. The van der Waals surface area contributed by atoms with Crippen molar-refractivity contribution in [1.82, 2.24) is 0 Å². The highest BCUT2D eigenvalue weighted by atomic mass is 16.5. The number of hydrogen-bond donors (Lipinski definition) is 1. The Hall–Kier alpha value is -5.18. The number of phenolic OH excluding ortho intramolecular Hbond substituents is 1. The second-order valence-corrected chi connectivity index (χ2v) is 17.2. The summed E-state index contributed by atoms with van der Waals surface area (Å²) in [4.78, 5) is 17.7. The van der Waals surface area contributed by atoms with Crippen LogP contribution in [0.5, 0.6) is 28.7 Å². The van der Waals surface area contributed by atoms with Crippen molar-refractivity contribution >= 4 is 29.2 Å². The van der Waals surface area contributed by atoms with Gasteiger partial charge in [-0.1, -0.05) is 156 Å². The van der Waals surface area contributed by atoms with E-state index in [-0.39, 0.29) is 5.75 Å². The molecular formula is C56H79N3O6. The number of phenols is 1. The number of unbranched alkanes of at least 4 members (excludes halogenated alkanes) is 21. The fraction of sp³-hybridized carbons (Fsp3) is 0.536. The minimum Gasteiger partial charge on any atom is -0.507 e. The van der Waals surface area contributed by atoms with Gasteiger partial charge in [0, 0.05) is 23.9 Å². The van der Waals surface area contributed by atoms with Gasteiger partial charge in [-0.05, 0) is 92.1 Å². The number of aromatic hydroxyl groups is 1. The van der Waals surface area contributed by atoms with Crippen LogP contribution in [0, 0.1) is 0 Å². The van der Waals surface area contributed by atoms with Gasteiger partial charge in [-0.2, -0.15) is 5.11 Å². The van der Waals surface area contributed by atoms with Crippen LogP contribution in [0.1, 0.15) is 191 Å². The van der Waals surface area contributed by atoms with Gasteiger partial charge in [-0.15, -0.1) is 5.11 Å². The Bertz CT molecular complexity index is 1930. The first kappa shape index (κ1) is 52.4. The van der Waals surface area contributed by atoms with Crippen molar-refractivity contribution in [3.05, 3.63) is 96.1 Å². The summed E-state index contributed by atoms with van der Waals surface area (Å²) in [7, 11) is 0. The molecule has 354 valence electrons. The summed E-state index contributed by atoms with van der Waals surface area (Å²) < 4.78 is 23.8. The number of carbonyl (C=O) groups excluding carboxylic acids is 1. The number of carbonyl (C=O) groups is 1. The quantitative estimate of drug-likeness (QED) is 0.0160. The molecule has 0 aromatic heterocycles. The lowest BCUT2D eigenvalue weighted by molar-refractivity contribution is 0.0734. The van der Waals surface area contributed by atoms with E-state index in [0.29, 0.717) is 65.3 Å². The van der Waals surface area contributed by atoms with E-state index < -0.39 is 5.97 Å². The van der Waals surface area contributed by atoms with Crippen molar-refractivity contribution in [2.24, 2.45) is 15.2 Å². The molecule has 9 nitrogen and oxygen atoms in total. The molecule has 65 heavy (non-hydrogen) atoms. The molecule has 0 saturated heterocycles. The van der Waals surface area contributed by atoms with Crippen LogP contribution in [0.15, 0.2) is 100 Å². The van der Waals surface area contributed by atoms with E-state index in [1.807, 2.05) is 36.4 Å². The predicted molar refractivity (Wildman–Crippen MR) is 268 cm³/mol. The molecule has 0 fully saturated rings. The Morgan fingerprint density at radius 1 is 0.477 bits per heavy atom. The maximum Gasteiger partial charge on any atom is 0.343 e. The van der Waals surface area contributed by atoms with Crippen LogP contribution in [-0.2, 0) is 0 Å². The molecule has 0 unspecified atom stereocenters. The van der Waals surface area contributed by atoms with E-state index in [1.54, 1.807) is 54.7 Å². The number of ether oxygens (including phenoxy) is 4. The van der Waals surface area contributed by atoms with Gasteiger partial charge in [0.05, 0.1) is 36.8 Å². The lowest BCUT2D eigenvalue weighted by Gasteiger charge is -2.11. The van der Waals surface area contributed by atoms with Crippen molar-refractivity contribution in [2.45, 2.75) is 175 Å². The zero-order valence-electron chi connectivity index (χ0n) is 40.1. The highest BCUT2D eigenvalue weighted by Gasteiger charge is 2.13. The van der Waals surface area contributed by atoms with Gasteiger partial charge in [-0.3, -0.25) is 4.99 Å². The van der Waals surface area contributed by atoms with Gasteiger partial charge in [0.15, 0.2) is 5.75 Å². The number of rotatable bonds is 36.